The summed E-state index contributed by atoms with van der Waals surface area (Å²) in [6, 6.07) is 8.31. The van der Waals surface area contributed by atoms with Gasteiger partial charge in [-0.2, -0.15) is 5.10 Å². The van der Waals surface area contributed by atoms with Gasteiger partial charge in [-0.25, -0.2) is 9.97 Å². The number of nitrogens with one attached hydrogen (secondary N) is 1. The van der Waals surface area contributed by atoms with Gasteiger partial charge in [-0.3, -0.25) is 4.68 Å². The van der Waals surface area contributed by atoms with Gasteiger partial charge >= 0.3 is 0 Å². The molecule has 0 atom stereocenters. The maximum absolute atomic E-state index is 4.63. The Morgan fingerprint density at radius 1 is 1.14 bits per heavy atom. The molecule has 3 aromatic rings. The molecule has 0 amide bonds. The van der Waals surface area contributed by atoms with Crippen LogP contribution in [-0.4, -0.2) is 19.7 Å². The van der Waals surface area contributed by atoms with E-state index in [1.54, 1.807) is 10.9 Å². The highest BCUT2D eigenvalue weighted by Gasteiger charge is 2.07. The molecule has 5 nitrogen and oxygen atoms in total. The summed E-state index contributed by atoms with van der Waals surface area (Å²) in [5.41, 5.74) is 5.19. The average Bonchev–Trinajstić information content (AvgIpc) is 2.86. The van der Waals surface area contributed by atoms with Crippen molar-refractivity contribution in [3.63, 3.8) is 0 Å². The lowest BCUT2D eigenvalue weighted by atomic mass is 10.1. The fourth-order valence-corrected chi connectivity index (χ4v) is 2.20. The first-order valence-corrected chi connectivity index (χ1v) is 6.78. The second-order valence-corrected chi connectivity index (χ2v) is 5.12. The van der Waals surface area contributed by atoms with E-state index in [-0.39, 0.29) is 0 Å². The second-order valence-electron chi connectivity index (χ2n) is 5.12. The number of anilines is 2. The molecule has 5 heteroatoms. The first-order valence-electron chi connectivity index (χ1n) is 6.78. The average molecular weight is 279 g/mol. The zero-order valence-electron chi connectivity index (χ0n) is 12.3. The lowest BCUT2D eigenvalue weighted by Gasteiger charge is -2.08. The van der Waals surface area contributed by atoms with Crippen LogP contribution in [0.4, 0.5) is 11.6 Å². The van der Waals surface area contributed by atoms with Crippen molar-refractivity contribution in [2.75, 3.05) is 5.32 Å². The minimum Gasteiger partial charge on any atom is -0.321 e. The third kappa shape index (κ3) is 2.91. The summed E-state index contributed by atoms with van der Waals surface area (Å²) in [4.78, 5) is 8.96. The minimum absolute atomic E-state index is 0.574. The van der Waals surface area contributed by atoms with Crippen LogP contribution in [0.5, 0.6) is 0 Å². The van der Waals surface area contributed by atoms with Crippen molar-refractivity contribution in [2.24, 2.45) is 7.05 Å². The molecule has 2 aromatic heterocycles. The molecule has 2 heterocycles. The van der Waals surface area contributed by atoms with E-state index in [1.165, 1.54) is 5.56 Å². The molecule has 0 aliphatic rings. The van der Waals surface area contributed by atoms with E-state index in [0.29, 0.717) is 5.95 Å². The van der Waals surface area contributed by atoms with Gasteiger partial charge in [-0.1, -0.05) is 23.8 Å². The second kappa shape index (κ2) is 5.36. The third-order valence-corrected chi connectivity index (χ3v) is 3.22. The van der Waals surface area contributed by atoms with E-state index in [2.05, 4.69) is 45.5 Å². The molecule has 0 bridgehead atoms. The van der Waals surface area contributed by atoms with E-state index in [1.807, 2.05) is 32.4 Å². The fraction of sp³-hybridized carbons (Fsp3) is 0.188. The molecule has 21 heavy (non-hydrogen) atoms. The third-order valence-electron chi connectivity index (χ3n) is 3.22. The van der Waals surface area contributed by atoms with Crippen molar-refractivity contribution in [3.05, 3.63) is 54.0 Å². The zero-order valence-corrected chi connectivity index (χ0v) is 12.3. The summed E-state index contributed by atoms with van der Waals surface area (Å²) in [6.45, 7) is 4.10. The number of hydrogen-bond acceptors (Lipinski definition) is 4. The first-order chi connectivity index (χ1) is 10.1. The van der Waals surface area contributed by atoms with Gasteiger partial charge in [0.1, 0.15) is 0 Å². The summed E-state index contributed by atoms with van der Waals surface area (Å²) < 4.78 is 1.73. The van der Waals surface area contributed by atoms with Gasteiger partial charge in [0.2, 0.25) is 5.95 Å². The van der Waals surface area contributed by atoms with Crippen LogP contribution in [0.1, 0.15) is 11.1 Å². The Morgan fingerprint density at radius 2 is 2.00 bits per heavy atom. The van der Waals surface area contributed by atoms with Crippen LogP contribution in [0.25, 0.3) is 11.3 Å². The van der Waals surface area contributed by atoms with E-state index in [4.69, 9.17) is 0 Å². The lowest BCUT2D eigenvalue weighted by Crippen LogP contribution is -1.99. The molecule has 0 aliphatic carbocycles. The number of benzene rings is 1. The summed E-state index contributed by atoms with van der Waals surface area (Å²) >= 11 is 0. The van der Waals surface area contributed by atoms with Crippen LogP contribution in [0.3, 0.4) is 0 Å². The standard InChI is InChI=1S/C16H17N5/c1-11-5-4-6-13(7-11)15-12(2)8-17-16(20-15)19-14-9-18-21(3)10-14/h4-10H,1-3H3,(H,17,19,20). The van der Waals surface area contributed by atoms with Crippen LogP contribution in [0, 0.1) is 13.8 Å². The molecule has 0 unspecified atom stereocenters. The van der Waals surface area contributed by atoms with Crippen LogP contribution in [0.15, 0.2) is 42.9 Å². The molecule has 0 radical (unpaired) electrons. The number of aromatic nitrogens is 4. The minimum atomic E-state index is 0.574. The van der Waals surface area contributed by atoms with E-state index in [0.717, 1.165) is 22.5 Å². The number of hydrogen-bond donors (Lipinski definition) is 1. The van der Waals surface area contributed by atoms with E-state index < -0.39 is 0 Å². The van der Waals surface area contributed by atoms with Gasteiger partial charge in [-0.05, 0) is 25.5 Å². The highest BCUT2D eigenvalue weighted by Crippen LogP contribution is 2.23. The summed E-state index contributed by atoms with van der Waals surface area (Å²) in [5, 5.41) is 7.29. The number of aryl methyl sites for hydroxylation is 3. The van der Waals surface area contributed by atoms with E-state index >= 15 is 0 Å². The van der Waals surface area contributed by atoms with Gasteiger partial charge in [-0.15, -0.1) is 0 Å². The topological polar surface area (TPSA) is 55.6 Å². The van der Waals surface area contributed by atoms with Crippen LogP contribution in [-0.2, 0) is 7.05 Å². The fourth-order valence-electron chi connectivity index (χ4n) is 2.20. The Bertz CT molecular complexity index is 776. The van der Waals surface area contributed by atoms with Crippen LogP contribution < -0.4 is 5.32 Å². The van der Waals surface area contributed by atoms with Crippen LogP contribution >= 0.6 is 0 Å². The molecule has 106 valence electrons. The Labute approximate surface area is 123 Å². The molecular weight excluding hydrogens is 262 g/mol. The highest BCUT2D eigenvalue weighted by atomic mass is 15.3. The van der Waals surface area contributed by atoms with Crippen molar-refractivity contribution in [1.82, 2.24) is 19.7 Å². The maximum Gasteiger partial charge on any atom is 0.227 e. The van der Waals surface area contributed by atoms with Gasteiger partial charge in [0.05, 0.1) is 17.6 Å². The normalized spacial score (nSPS) is 10.6. The van der Waals surface area contributed by atoms with Crippen molar-refractivity contribution >= 4 is 11.6 Å². The number of nitrogens with zero attached hydrogens (tertiary/aromatic N) is 4. The molecule has 0 saturated carbocycles. The van der Waals surface area contributed by atoms with Gasteiger partial charge in [0.25, 0.3) is 0 Å². The molecule has 0 fully saturated rings. The van der Waals surface area contributed by atoms with Gasteiger partial charge in [0, 0.05) is 25.0 Å². The van der Waals surface area contributed by atoms with Crippen molar-refractivity contribution < 1.29 is 0 Å². The predicted octanol–water partition coefficient (Wildman–Crippen LogP) is 3.24. The van der Waals surface area contributed by atoms with E-state index in [9.17, 15) is 0 Å². The Hall–Kier alpha value is -2.69. The molecule has 1 aromatic carbocycles. The van der Waals surface area contributed by atoms with Gasteiger partial charge < -0.3 is 5.32 Å². The lowest BCUT2D eigenvalue weighted by molar-refractivity contribution is 0.768. The number of rotatable bonds is 3. The Kier molecular flexibility index (Phi) is 3.39. The quantitative estimate of drug-likeness (QED) is 0.799. The highest BCUT2D eigenvalue weighted by molar-refractivity contribution is 5.65. The molecule has 3 rings (SSSR count). The first kappa shape index (κ1) is 13.3. The van der Waals surface area contributed by atoms with Crippen molar-refractivity contribution in [1.29, 1.82) is 0 Å². The Morgan fingerprint density at radius 3 is 2.71 bits per heavy atom. The van der Waals surface area contributed by atoms with Crippen LogP contribution in [0.2, 0.25) is 0 Å². The van der Waals surface area contributed by atoms with Crippen molar-refractivity contribution in [2.45, 2.75) is 13.8 Å². The summed E-state index contributed by atoms with van der Waals surface area (Å²) in [6.07, 6.45) is 5.47. The van der Waals surface area contributed by atoms with Gasteiger partial charge in [0.15, 0.2) is 0 Å². The zero-order chi connectivity index (χ0) is 14.8. The smallest absolute Gasteiger partial charge is 0.227 e. The molecule has 0 saturated heterocycles. The molecular formula is C16H17N5. The summed E-state index contributed by atoms with van der Waals surface area (Å²) in [5.74, 6) is 0.574. The summed E-state index contributed by atoms with van der Waals surface area (Å²) in [7, 11) is 1.87. The predicted molar refractivity (Wildman–Crippen MR) is 83.4 cm³/mol. The Balaban J connectivity index is 1.96. The maximum atomic E-state index is 4.63. The molecule has 0 spiro atoms. The van der Waals surface area contributed by atoms with Crippen molar-refractivity contribution in [3.8, 4) is 11.3 Å². The molecule has 0 aliphatic heterocycles. The largest absolute Gasteiger partial charge is 0.321 e. The SMILES string of the molecule is Cc1cccc(-c2nc(Nc3cnn(C)c3)ncc2C)c1. The monoisotopic (exact) mass is 279 g/mol. The molecule has 1 N–H and O–H groups in total.